The molecule has 2 heterocycles. The van der Waals surface area contributed by atoms with Crippen molar-refractivity contribution in [3.63, 3.8) is 0 Å². The van der Waals surface area contributed by atoms with E-state index in [0.717, 1.165) is 50.6 Å². The van der Waals surface area contributed by atoms with Gasteiger partial charge in [-0.1, -0.05) is 13.8 Å². The van der Waals surface area contributed by atoms with Gasteiger partial charge < -0.3 is 15.2 Å². The van der Waals surface area contributed by atoms with Gasteiger partial charge in [0.25, 0.3) is 0 Å². The zero-order valence-corrected chi connectivity index (χ0v) is 14.0. The topological polar surface area (TPSA) is 47.7 Å². The zero-order valence-electron chi connectivity index (χ0n) is 14.0. The van der Waals surface area contributed by atoms with Crippen molar-refractivity contribution in [1.82, 2.24) is 4.90 Å². The Kier molecular flexibility index (Phi) is 4.59. The Balaban J connectivity index is 2.00. The van der Waals surface area contributed by atoms with Gasteiger partial charge in [0.2, 0.25) is 0 Å². The first-order valence-corrected chi connectivity index (χ1v) is 8.44. The van der Waals surface area contributed by atoms with E-state index in [1.165, 1.54) is 11.1 Å². The molecule has 0 saturated carbocycles. The van der Waals surface area contributed by atoms with Crippen LogP contribution in [0.3, 0.4) is 0 Å². The molecule has 122 valence electrons. The van der Waals surface area contributed by atoms with E-state index < -0.39 is 0 Å². The van der Waals surface area contributed by atoms with E-state index in [4.69, 9.17) is 15.2 Å². The SMILES string of the molecule is CC(C)c1cc2c(cc1C1CC(CN)CN1C)OCCCO2. The smallest absolute Gasteiger partial charge is 0.161 e. The lowest BCUT2D eigenvalue weighted by Gasteiger charge is -2.25. The lowest BCUT2D eigenvalue weighted by molar-refractivity contribution is 0.296. The Labute approximate surface area is 133 Å². The van der Waals surface area contributed by atoms with E-state index in [2.05, 4.69) is 37.9 Å². The van der Waals surface area contributed by atoms with Gasteiger partial charge >= 0.3 is 0 Å². The van der Waals surface area contributed by atoms with Gasteiger partial charge in [0.1, 0.15) is 0 Å². The van der Waals surface area contributed by atoms with Gasteiger partial charge in [-0.25, -0.2) is 0 Å². The van der Waals surface area contributed by atoms with Crippen molar-refractivity contribution in [3.05, 3.63) is 23.3 Å². The van der Waals surface area contributed by atoms with Gasteiger partial charge in [-0.3, -0.25) is 4.90 Å². The summed E-state index contributed by atoms with van der Waals surface area (Å²) in [6.45, 7) is 7.81. The molecule has 1 saturated heterocycles. The maximum atomic E-state index is 5.90. The lowest BCUT2D eigenvalue weighted by atomic mass is 9.90. The predicted molar refractivity (Wildman–Crippen MR) is 88.7 cm³/mol. The van der Waals surface area contributed by atoms with Crippen LogP contribution in [0.2, 0.25) is 0 Å². The molecule has 0 bridgehead atoms. The monoisotopic (exact) mass is 304 g/mol. The first-order valence-electron chi connectivity index (χ1n) is 8.44. The Hall–Kier alpha value is -1.26. The van der Waals surface area contributed by atoms with Crippen molar-refractivity contribution in [3.8, 4) is 11.5 Å². The van der Waals surface area contributed by atoms with Gasteiger partial charge in [0.15, 0.2) is 11.5 Å². The quantitative estimate of drug-likeness (QED) is 0.933. The summed E-state index contributed by atoms with van der Waals surface area (Å²) in [5, 5.41) is 0. The molecule has 1 fully saturated rings. The normalized spacial score (nSPS) is 25.5. The molecular weight excluding hydrogens is 276 g/mol. The Morgan fingerprint density at radius 2 is 1.91 bits per heavy atom. The maximum absolute atomic E-state index is 5.90. The van der Waals surface area contributed by atoms with Gasteiger partial charge in [-0.15, -0.1) is 0 Å². The summed E-state index contributed by atoms with van der Waals surface area (Å²) in [5.74, 6) is 2.87. The molecule has 1 aromatic rings. The fourth-order valence-electron chi connectivity index (χ4n) is 3.67. The Bertz CT molecular complexity index is 530. The van der Waals surface area contributed by atoms with Gasteiger partial charge in [-0.05, 0) is 55.1 Å². The number of likely N-dealkylation sites (tertiary alicyclic amines) is 1. The highest BCUT2D eigenvalue weighted by Gasteiger charge is 2.32. The van der Waals surface area contributed by atoms with Crippen LogP contribution in [0.5, 0.6) is 11.5 Å². The highest BCUT2D eigenvalue weighted by Crippen LogP contribution is 2.43. The van der Waals surface area contributed by atoms with E-state index in [1.54, 1.807) is 0 Å². The van der Waals surface area contributed by atoms with Gasteiger partial charge in [-0.2, -0.15) is 0 Å². The molecule has 2 unspecified atom stereocenters. The molecule has 2 aliphatic heterocycles. The number of ether oxygens (including phenoxy) is 2. The number of hydrogen-bond donors (Lipinski definition) is 1. The minimum absolute atomic E-state index is 0.433. The molecule has 2 aliphatic rings. The van der Waals surface area contributed by atoms with Crippen molar-refractivity contribution >= 4 is 0 Å². The van der Waals surface area contributed by atoms with Crippen molar-refractivity contribution < 1.29 is 9.47 Å². The van der Waals surface area contributed by atoms with Crippen LogP contribution >= 0.6 is 0 Å². The number of nitrogens with zero attached hydrogens (tertiary/aromatic N) is 1. The minimum Gasteiger partial charge on any atom is -0.490 e. The summed E-state index contributed by atoms with van der Waals surface area (Å²) < 4.78 is 11.8. The molecule has 1 aromatic carbocycles. The fourth-order valence-corrected chi connectivity index (χ4v) is 3.67. The van der Waals surface area contributed by atoms with Crippen molar-refractivity contribution in [2.24, 2.45) is 11.7 Å². The minimum atomic E-state index is 0.433. The van der Waals surface area contributed by atoms with Crippen molar-refractivity contribution in [1.29, 1.82) is 0 Å². The summed E-state index contributed by atoms with van der Waals surface area (Å²) in [6, 6.07) is 4.85. The van der Waals surface area contributed by atoms with Gasteiger partial charge in [0.05, 0.1) is 13.2 Å². The number of hydrogen-bond acceptors (Lipinski definition) is 4. The average molecular weight is 304 g/mol. The molecule has 2 atom stereocenters. The summed E-state index contributed by atoms with van der Waals surface area (Å²) >= 11 is 0. The highest BCUT2D eigenvalue weighted by atomic mass is 16.5. The maximum Gasteiger partial charge on any atom is 0.161 e. The number of benzene rings is 1. The van der Waals surface area contributed by atoms with Crippen LogP contribution in [0.4, 0.5) is 0 Å². The first-order chi connectivity index (χ1) is 10.6. The van der Waals surface area contributed by atoms with Crippen molar-refractivity contribution in [2.75, 3.05) is 33.4 Å². The third-order valence-electron chi connectivity index (χ3n) is 4.90. The third kappa shape index (κ3) is 2.95. The molecule has 22 heavy (non-hydrogen) atoms. The molecule has 0 amide bonds. The Morgan fingerprint density at radius 3 is 2.50 bits per heavy atom. The molecule has 3 rings (SSSR count). The molecule has 0 spiro atoms. The molecule has 0 aromatic heterocycles. The molecule has 4 nitrogen and oxygen atoms in total. The lowest BCUT2D eigenvalue weighted by Crippen LogP contribution is -2.21. The Morgan fingerprint density at radius 1 is 1.23 bits per heavy atom. The van der Waals surface area contributed by atoms with Crippen LogP contribution in [0.1, 0.15) is 49.8 Å². The average Bonchev–Trinajstić information content (AvgIpc) is 2.73. The van der Waals surface area contributed by atoms with Crippen LogP contribution in [-0.2, 0) is 0 Å². The second-order valence-electron chi connectivity index (χ2n) is 6.93. The van der Waals surface area contributed by atoms with Crippen LogP contribution in [0, 0.1) is 5.92 Å². The first kappa shape index (κ1) is 15.6. The largest absolute Gasteiger partial charge is 0.490 e. The molecule has 2 N–H and O–H groups in total. The number of fused-ring (bicyclic) bond motifs is 1. The summed E-state index contributed by atoms with van der Waals surface area (Å²) in [6.07, 6.45) is 2.08. The summed E-state index contributed by atoms with van der Waals surface area (Å²) in [4.78, 5) is 2.43. The summed E-state index contributed by atoms with van der Waals surface area (Å²) in [5.41, 5.74) is 8.65. The second-order valence-corrected chi connectivity index (χ2v) is 6.93. The predicted octanol–water partition coefficient (Wildman–Crippen LogP) is 2.92. The van der Waals surface area contributed by atoms with Crippen LogP contribution in [0.15, 0.2) is 12.1 Å². The molecular formula is C18H28N2O2. The van der Waals surface area contributed by atoms with Crippen LogP contribution < -0.4 is 15.2 Å². The molecule has 0 aliphatic carbocycles. The van der Waals surface area contributed by atoms with E-state index in [9.17, 15) is 0 Å². The fraction of sp³-hybridized carbons (Fsp3) is 0.667. The number of rotatable bonds is 3. The third-order valence-corrected chi connectivity index (χ3v) is 4.90. The highest BCUT2D eigenvalue weighted by molar-refractivity contribution is 5.50. The van der Waals surface area contributed by atoms with E-state index in [-0.39, 0.29) is 0 Å². The number of nitrogens with two attached hydrogens (primary N) is 1. The van der Waals surface area contributed by atoms with E-state index >= 15 is 0 Å². The standard InChI is InChI=1S/C18H28N2O2/c1-12(2)14-8-17-18(22-6-4-5-21-17)9-15(14)16-7-13(10-19)11-20(16)3/h8-9,12-13,16H,4-7,10-11,19H2,1-3H3. The van der Waals surface area contributed by atoms with Crippen LogP contribution in [-0.4, -0.2) is 38.3 Å². The second kappa shape index (κ2) is 6.47. The van der Waals surface area contributed by atoms with Crippen molar-refractivity contribution in [2.45, 2.75) is 38.6 Å². The van der Waals surface area contributed by atoms with Crippen LogP contribution in [0.25, 0.3) is 0 Å². The van der Waals surface area contributed by atoms with Gasteiger partial charge in [0, 0.05) is 19.0 Å². The molecule has 4 heteroatoms. The van der Waals surface area contributed by atoms with E-state index in [0.29, 0.717) is 17.9 Å². The zero-order chi connectivity index (χ0) is 15.7. The van der Waals surface area contributed by atoms with E-state index in [1.807, 2.05) is 0 Å². The summed E-state index contributed by atoms with van der Waals surface area (Å²) in [7, 11) is 2.20. The molecule has 0 radical (unpaired) electrons.